The van der Waals surface area contributed by atoms with Crippen molar-refractivity contribution in [2.45, 2.75) is 58.3 Å². The number of allylic oxidation sites excluding steroid dienone is 1. The molecule has 0 N–H and O–H groups in total. The summed E-state index contributed by atoms with van der Waals surface area (Å²) in [4.78, 5) is 23.8. The Bertz CT molecular complexity index is 569. The molecule has 1 unspecified atom stereocenters. The van der Waals surface area contributed by atoms with Crippen LogP contribution in [0, 0.1) is 0 Å². The second-order valence-electron chi connectivity index (χ2n) is 6.21. The van der Waals surface area contributed by atoms with Crippen molar-refractivity contribution in [1.29, 1.82) is 0 Å². The molecule has 1 aliphatic rings. The van der Waals surface area contributed by atoms with Crippen LogP contribution in [-0.2, 0) is 14.3 Å². The molecule has 3 heteroatoms. The van der Waals surface area contributed by atoms with Gasteiger partial charge in [0.1, 0.15) is 0 Å². The number of hydrogen-bond donors (Lipinski definition) is 0. The standard InChI is InChI=1S/C20H26O3/c1-3-4-13-23-20(22)15(2)17-11-9-16(10-12-17)14-18-7-5-6-8-19(18)21/h9-12,14-15H,3-8,13H2,1-2H3. The SMILES string of the molecule is CCCCOC(=O)C(C)c1ccc(C=C2CCCCC2=O)cc1. The van der Waals surface area contributed by atoms with Gasteiger partial charge in [0.25, 0.3) is 0 Å². The molecule has 1 atom stereocenters. The summed E-state index contributed by atoms with van der Waals surface area (Å²) in [5.41, 5.74) is 2.89. The van der Waals surface area contributed by atoms with Crippen molar-refractivity contribution in [2.75, 3.05) is 6.61 Å². The Labute approximate surface area is 138 Å². The van der Waals surface area contributed by atoms with Crippen LogP contribution in [0.4, 0.5) is 0 Å². The van der Waals surface area contributed by atoms with Gasteiger partial charge in [-0.3, -0.25) is 9.59 Å². The van der Waals surface area contributed by atoms with E-state index in [1.807, 2.05) is 37.3 Å². The van der Waals surface area contributed by atoms with E-state index in [1.54, 1.807) is 0 Å². The smallest absolute Gasteiger partial charge is 0.313 e. The van der Waals surface area contributed by atoms with E-state index in [2.05, 4.69) is 6.92 Å². The number of carbonyl (C=O) groups is 2. The maximum atomic E-state index is 12.0. The maximum Gasteiger partial charge on any atom is 0.313 e. The lowest BCUT2D eigenvalue weighted by Gasteiger charge is -2.13. The average Bonchev–Trinajstić information content (AvgIpc) is 2.57. The number of esters is 1. The summed E-state index contributed by atoms with van der Waals surface area (Å²) in [6.45, 7) is 4.43. The van der Waals surface area contributed by atoms with Crippen molar-refractivity contribution in [3.05, 3.63) is 41.0 Å². The van der Waals surface area contributed by atoms with Crippen LogP contribution in [0.5, 0.6) is 0 Å². The first-order valence-electron chi connectivity index (χ1n) is 8.62. The summed E-state index contributed by atoms with van der Waals surface area (Å²) >= 11 is 0. The maximum absolute atomic E-state index is 12.0. The van der Waals surface area contributed by atoms with Crippen LogP contribution in [-0.4, -0.2) is 18.4 Å². The number of ether oxygens (including phenoxy) is 1. The zero-order valence-electron chi connectivity index (χ0n) is 14.1. The fourth-order valence-electron chi connectivity index (χ4n) is 2.71. The Kier molecular flexibility index (Phi) is 6.57. The van der Waals surface area contributed by atoms with Crippen LogP contribution in [0.2, 0.25) is 0 Å². The summed E-state index contributed by atoms with van der Waals surface area (Å²) in [7, 11) is 0. The lowest BCUT2D eigenvalue weighted by atomic mass is 9.91. The van der Waals surface area contributed by atoms with E-state index in [9.17, 15) is 9.59 Å². The molecule has 1 aliphatic carbocycles. The lowest BCUT2D eigenvalue weighted by molar-refractivity contribution is -0.145. The van der Waals surface area contributed by atoms with Gasteiger partial charge in [0.05, 0.1) is 12.5 Å². The van der Waals surface area contributed by atoms with Gasteiger partial charge in [0, 0.05) is 6.42 Å². The normalized spacial score (nSPS) is 18.0. The molecule has 0 aromatic heterocycles. The third-order valence-electron chi connectivity index (χ3n) is 4.33. The fraction of sp³-hybridized carbons (Fsp3) is 0.500. The number of carbonyl (C=O) groups excluding carboxylic acids is 2. The van der Waals surface area contributed by atoms with Gasteiger partial charge in [0.15, 0.2) is 5.78 Å². The van der Waals surface area contributed by atoms with Crippen molar-refractivity contribution >= 4 is 17.8 Å². The van der Waals surface area contributed by atoms with Crippen LogP contribution in [0.25, 0.3) is 6.08 Å². The van der Waals surface area contributed by atoms with Gasteiger partial charge in [-0.2, -0.15) is 0 Å². The summed E-state index contributed by atoms with van der Waals surface area (Å²) < 4.78 is 5.27. The molecule has 0 saturated heterocycles. The first kappa shape index (κ1) is 17.5. The summed E-state index contributed by atoms with van der Waals surface area (Å²) in [5, 5.41) is 0. The predicted molar refractivity (Wildman–Crippen MR) is 92.2 cm³/mol. The quantitative estimate of drug-likeness (QED) is 0.436. The molecule has 0 amide bonds. The monoisotopic (exact) mass is 314 g/mol. The van der Waals surface area contributed by atoms with Crippen LogP contribution in [0.1, 0.15) is 69.4 Å². The molecule has 1 fully saturated rings. The number of ketones is 1. The van der Waals surface area contributed by atoms with Gasteiger partial charge in [-0.1, -0.05) is 37.6 Å². The Morgan fingerprint density at radius 2 is 1.91 bits per heavy atom. The van der Waals surface area contributed by atoms with E-state index in [-0.39, 0.29) is 17.7 Å². The molecule has 2 rings (SSSR count). The molecule has 1 aromatic rings. The highest BCUT2D eigenvalue weighted by Crippen LogP contribution is 2.23. The predicted octanol–water partition coefficient (Wildman–Crippen LogP) is 4.66. The minimum absolute atomic E-state index is 0.174. The first-order valence-corrected chi connectivity index (χ1v) is 8.62. The summed E-state index contributed by atoms with van der Waals surface area (Å²) in [6, 6.07) is 7.84. The van der Waals surface area contributed by atoms with Crippen molar-refractivity contribution in [3.63, 3.8) is 0 Å². The molecule has 0 heterocycles. The highest BCUT2D eigenvalue weighted by molar-refractivity contribution is 6.00. The number of rotatable bonds is 6. The van der Waals surface area contributed by atoms with Crippen LogP contribution >= 0.6 is 0 Å². The number of Topliss-reactive ketones (excluding diaryl/α,β-unsaturated/α-hetero) is 1. The van der Waals surface area contributed by atoms with E-state index < -0.39 is 0 Å². The van der Waals surface area contributed by atoms with Gasteiger partial charge < -0.3 is 4.74 Å². The van der Waals surface area contributed by atoms with Gasteiger partial charge in [0.2, 0.25) is 0 Å². The lowest BCUT2D eigenvalue weighted by Crippen LogP contribution is -2.13. The molecule has 0 bridgehead atoms. The second-order valence-corrected chi connectivity index (χ2v) is 6.21. The van der Waals surface area contributed by atoms with Crippen molar-refractivity contribution < 1.29 is 14.3 Å². The van der Waals surface area contributed by atoms with Crippen molar-refractivity contribution in [3.8, 4) is 0 Å². The molecule has 0 aliphatic heterocycles. The summed E-state index contributed by atoms with van der Waals surface area (Å²) in [5.74, 6) is -0.162. The molecule has 23 heavy (non-hydrogen) atoms. The Balaban J connectivity index is 1.99. The van der Waals surface area contributed by atoms with E-state index in [1.165, 1.54) is 0 Å². The fourth-order valence-corrected chi connectivity index (χ4v) is 2.71. The minimum Gasteiger partial charge on any atom is -0.465 e. The molecule has 0 radical (unpaired) electrons. The number of hydrogen-bond acceptors (Lipinski definition) is 3. The van der Waals surface area contributed by atoms with Gasteiger partial charge in [-0.15, -0.1) is 0 Å². The third-order valence-corrected chi connectivity index (χ3v) is 4.33. The topological polar surface area (TPSA) is 43.4 Å². The highest BCUT2D eigenvalue weighted by Gasteiger charge is 2.17. The molecule has 1 saturated carbocycles. The Hall–Kier alpha value is -1.90. The molecule has 124 valence electrons. The number of unbranched alkanes of at least 4 members (excludes halogenated alkanes) is 1. The van der Waals surface area contributed by atoms with E-state index in [0.717, 1.165) is 48.8 Å². The van der Waals surface area contributed by atoms with Crippen LogP contribution < -0.4 is 0 Å². The highest BCUT2D eigenvalue weighted by atomic mass is 16.5. The van der Waals surface area contributed by atoms with Gasteiger partial charge >= 0.3 is 5.97 Å². The number of benzene rings is 1. The van der Waals surface area contributed by atoms with E-state index >= 15 is 0 Å². The van der Waals surface area contributed by atoms with Crippen LogP contribution in [0.3, 0.4) is 0 Å². The zero-order valence-corrected chi connectivity index (χ0v) is 14.1. The molecule has 3 nitrogen and oxygen atoms in total. The third kappa shape index (κ3) is 5.05. The second kappa shape index (κ2) is 8.66. The van der Waals surface area contributed by atoms with Crippen molar-refractivity contribution in [1.82, 2.24) is 0 Å². The Morgan fingerprint density at radius 3 is 2.57 bits per heavy atom. The average molecular weight is 314 g/mol. The molecule has 0 spiro atoms. The van der Waals surface area contributed by atoms with Gasteiger partial charge in [-0.05, 0) is 55.4 Å². The van der Waals surface area contributed by atoms with E-state index in [0.29, 0.717) is 13.0 Å². The van der Waals surface area contributed by atoms with E-state index in [4.69, 9.17) is 4.74 Å². The van der Waals surface area contributed by atoms with Gasteiger partial charge in [-0.25, -0.2) is 0 Å². The molecule has 1 aromatic carbocycles. The minimum atomic E-state index is -0.259. The first-order chi connectivity index (χ1) is 11.1. The van der Waals surface area contributed by atoms with Crippen LogP contribution in [0.15, 0.2) is 29.8 Å². The zero-order chi connectivity index (χ0) is 16.7. The molecular weight excluding hydrogens is 288 g/mol. The largest absolute Gasteiger partial charge is 0.465 e. The Morgan fingerprint density at radius 1 is 1.22 bits per heavy atom. The van der Waals surface area contributed by atoms with Crippen molar-refractivity contribution in [2.24, 2.45) is 0 Å². The summed E-state index contributed by atoms with van der Waals surface area (Å²) in [6.07, 6.45) is 7.55. The molecular formula is C20H26O3.